The zero-order chi connectivity index (χ0) is 18.2. The van der Waals surface area contributed by atoms with E-state index in [2.05, 4.69) is 0 Å². The fraction of sp³-hybridized carbons (Fsp3) is 0.350. The van der Waals surface area contributed by atoms with Crippen LogP contribution in [-0.2, 0) is 9.53 Å². The lowest BCUT2D eigenvalue weighted by Gasteiger charge is -2.23. The summed E-state index contributed by atoms with van der Waals surface area (Å²) in [5.41, 5.74) is 1.56. The smallest absolute Gasteiger partial charge is 0.306 e. The Morgan fingerprint density at radius 2 is 1.40 bits per heavy atom. The van der Waals surface area contributed by atoms with Crippen LogP contribution >= 0.6 is 0 Å². The maximum Gasteiger partial charge on any atom is 0.306 e. The van der Waals surface area contributed by atoms with Crippen molar-refractivity contribution < 1.29 is 24.1 Å². The number of ether oxygens (including phenoxy) is 3. The molecule has 0 saturated heterocycles. The molecule has 2 rings (SSSR count). The lowest BCUT2D eigenvalue weighted by Crippen LogP contribution is -2.17. The first-order valence-corrected chi connectivity index (χ1v) is 8.20. The quantitative estimate of drug-likeness (QED) is 0.743. The molecular weight excluding hydrogens is 320 g/mol. The number of hydrogen-bond acceptors (Lipinski definition) is 5. The van der Waals surface area contributed by atoms with Crippen LogP contribution in [0.5, 0.6) is 11.5 Å². The van der Waals surface area contributed by atoms with Crippen LogP contribution in [0.15, 0.2) is 48.5 Å². The molecule has 5 nitrogen and oxygen atoms in total. The molecule has 0 fully saturated rings. The number of carbonyl (C=O) groups is 1. The van der Waals surface area contributed by atoms with Gasteiger partial charge in [0.1, 0.15) is 11.5 Å². The first-order valence-electron chi connectivity index (χ1n) is 8.20. The number of carbonyl (C=O) groups excluding carboxylic acids is 1. The second kappa shape index (κ2) is 9.08. The Morgan fingerprint density at radius 3 is 1.84 bits per heavy atom. The Kier molecular flexibility index (Phi) is 6.83. The fourth-order valence-corrected chi connectivity index (χ4v) is 2.70. The molecule has 0 heterocycles. The predicted molar refractivity (Wildman–Crippen MR) is 94.9 cm³/mol. The van der Waals surface area contributed by atoms with Gasteiger partial charge in [0.2, 0.25) is 0 Å². The SMILES string of the molecule is CCOC(=O)CC(c1ccc(OC)cc1)C(O)c1ccc(OC)cc1. The number of aliphatic hydroxyl groups excluding tert-OH is 1. The van der Waals surface area contributed by atoms with Gasteiger partial charge in [0.15, 0.2) is 0 Å². The molecule has 0 aliphatic carbocycles. The van der Waals surface area contributed by atoms with Crippen LogP contribution in [0.2, 0.25) is 0 Å². The Hall–Kier alpha value is -2.53. The maximum absolute atomic E-state index is 12.0. The van der Waals surface area contributed by atoms with E-state index in [0.717, 1.165) is 11.3 Å². The minimum Gasteiger partial charge on any atom is -0.497 e. The van der Waals surface area contributed by atoms with Crippen molar-refractivity contribution >= 4 is 5.97 Å². The van der Waals surface area contributed by atoms with Crippen LogP contribution in [0, 0.1) is 0 Å². The van der Waals surface area contributed by atoms with E-state index in [1.807, 2.05) is 24.3 Å². The van der Waals surface area contributed by atoms with Crippen LogP contribution in [0.4, 0.5) is 0 Å². The van der Waals surface area contributed by atoms with E-state index < -0.39 is 12.0 Å². The second-order valence-corrected chi connectivity index (χ2v) is 5.61. The van der Waals surface area contributed by atoms with Crippen LogP contribution in [0.25, 0.3) is 0 Å². The summed E-state index contributed by atoms with van der Waals surface area (Å²) >= 11 is 0. The predicted octanol–water partition coefficient (Wildman–Crippen LogP) is 3.47. The van der Waals surface area contributed by atoms with Crippen molar-refractivity contribution in [3.8, 4) is 11.5 Å². The number of esters is 1. The molecule has 0 aliphatic heterocycles. The average Bonchev–Trinajstić information content (AvgIpc) is 2.66. The minimum atomic E-state index is -0.844. The van der Waals surface area contributed by atoms with Gasteiger partial charge in [0, 0.05) is 5.92 Å². The van der Waals surface area contributed by atoms with Crippen molar-refractivity contribution in [1.82, 2.24) is 0 Å². The van der Waals surface area contributed by atoms with E-state index >= 15 is 0 Å². The van der Waals surface area contributed by atoms with E-state index in [-0.39, 0.29) is 12.4 Å². The van der Waals surface area contributed by atoms with Gasteiger partial charge in [-0.3, -0.25) is 4.79 Å². The highest BCUT2D eigenvalue weighted by Gasteiger charge is 2.26. The van der Waals surface area contributed by atoms with Crippen LogP contribution in [-0.4, -0.2) is 31.9 Å². The van der Waals surface area contributed by atoms with Crippen molar-refractivity contribution in [2.45, 2.75) is 25.4 Å². The minimum absolute atomic E-state index is 0.0906. The van der Waals surface area contributed by atoms with Gasteiger partial charge in [-0.15, -0.1) is 0 Å². The lowest BCUT2D eigenvalue weighted by molar-refractivity contribution is -0.144. The monoisotopic (exact) mass is 344 g/mol. The Labute approximate surface area is 148 Å². The van der Waals surface area contributed by atoms with Gasteiger partial charge in [-0.2, -0.15) is 0 Å². The molecule has 0 saturated carbocycles. The number of methoxy groups -OCH3 is 2. The first-order chi connectivity index (χ1) is 12.1. The number of hydrogen-bond donors (Lipinski definition) is 1. The first kappa shape index (κ1) is 18.8. The third kappa shape index (κ3) is 4.97. The summed E-state index contributed by atoms with van der Waals surface area (Å²) in [6, 6.07) is 14.5. The molecule has 1 N–H and O–H groups in total. The van der Waals surface area contributed by atoms with Gasteiger partial charge in [-0.1, -0.05) is 24.3 Å². The summed E-state index contributed by atoms with van der Waals surface area (Å²) in [4.78, 5) is 12.0. The molecule has 0 radical (unpaired) electrons. The van der Waals surface area contributed by atoms with Crippen molar-refractivity contribution in [2.24, 2.45) is 0 Å². The van der Waals surface area contributed by atoms with Gasteiger partial charge >= 0.3 is 5.97 Å². The Bertz CT molecular complexity index is 663. The molecule has 134 valence electrons. The standard InChI is InChI=1S/C20H24O5/c1-4-25-19(21)13-18(14-5-9-16(23-2)10-6-14)20(22)15-7-11-17(24-3)12-8-15/h5-12,18,20,22H,4,13H2,1-3H3. The van der Waals surface area contributed by atoms with E-state index in [1.165, 1.54) is 0 Å². The molecule has 0 bridgehead atoms. The molecular formula is C20H24O5. The fourth-order valence-electron chi connectivity index (χ4n) is 2.70. The lowest BCUT2D eigenvalue weighted by atomic mass is 9.86. The van der Waals surface area contributed by atoms with Crippen LogP contribution < -0.4 is 9.47 Å². The third-order valence-electron chi connectivity index (χ3n) is 4.07. The molecule has 0 aromatic heterocycles. The van der Waals surface area contributed by atoms with Crippen molar-refractivity contribution in [3.63, 3.8) is 0 Å². The molecule has 25 heavy (non-hydrogen) atoms. The van der Waals surface area contributed by atoms with E-state index in [1.54, 1.807) is 45.4 Å². The molecule has 2 aromatic rings. The normalized spacial score (nSPS) is 13.0. The highest BCUT2D eigenvalue weighted by Crippen LogP contribution is 2.35. The zero-order valence-corrected chi connectivity index (χ0v) is 14.8. The number of aliphatic hydroxyl groups is 1. The molecule has 2 atom stereocenters. The Morgan fingerprint density at radius 1 is 0.920 bits per heavy atom. The Balaban J connectivity index is 2.29. The molecule has 0 aliphatic rings. The summed E-state index contributed by atoms with van der Waals surface area (Å²) in [6.45, 7) is 2.08. The summed E-state index contributed by atoms with van der Waals surface area (Å²) in [5.74, 6) is 0.675. The largest absolute Gasteiger partial charge is 0.497 e. The van der Waals surface area contributed by atoms with E-state index in [0.29, 0.717) is 17.9 Å². The highest BCUT2D eigenvalue weighted by atomic mass is 16.5. The second-order valence-electron chi connectivity index (χ2n) is 5.61. The maximum atomic E-state index is 12.0. The van der Waals surface area contributed by atoms with Gasteiger partial charge in [0.25, 0.3) is 0 Å². The molecule has 2 aromatic carbocycles. The zero-order valence-electron chi connectivity index (χ0n) is 14.8. The van der Waals surface area contributed by atoms with Crippen LogP contribution in [0.1, 0.15) is 36.5 Å². The van der Waals surface area contributed by atoms with Crippen molar-refractivity contribution in [1.29, 1.82) is 0 Å². The van der Waals surface area contributed by atoms with Gasteiger partial charge < -0.3 is 19.3 Å². The van der Waals surface area contributed by atoms with Gasteiger partial charge in [-0.25, -0.2) is 0 Å². The topological polar surface area (TPSA) is 65.0 Å². The summed E-state index contributed by atoms with van der Waals surface area (Å²) in [6.07, 6.45) is -0.753. The molecule has 0 amide bonds. The van der Waals surface area contributed by atoms with E-state index in [9.17, 15) is 9.90 Å². The summed E-state index contributed by atoms with van der Waals surface area (Å²) < 4.78 is 15.4. The van der Waals surface area contributed by atoms with Gasteiger partial charge in [0.05, 0.1) is 33.4 Å². The van der Waals surface area contributed by atoms with Crippen molar-refractivity contribution in [3.05, 3.63) is 59.7 Å². The number of benzene rings is 2. The van der Waals surface area contributed by atoms with E-state index in [4.69, 9.17) is 14.2 Å². The van der Waals surface area contributed by atoms with Crippen molar-refractivity contribution in [2.75, 3.05) is 20.8 Å². The molecule has 5 heteroatoms. The third-order valence-corrected chi connectivity index (χ3v) is 4.07. The van der Waals surface area contributed by atoms with Gasteiger partial charge in [-0.05, 0) is 42.3 Å². The molecule has 2 unspecified atom stereocenters. The highest BCUT2D eigenvalue weighted by molar-refractivity contribution is 5.70. The molecule has 0 spiro atoms. The summed E-state index contributed by atoms with van der Waals surface area (Å²) in [7, 11) is 3.18. The number of rotatable bonds is 8. The average molecular weight is 344 g/mol. The van der Waals surface area contributed by atoms with Crippen LogP contribution in [0.3, 0.4) is 0 Å². The summed E-state index contributed by atoms with van der Waals surface area (Å²) in [5, 5.41) is 10.9.